The predicted molar refractivity (Wildman–Crippen MR) is 122 cm³/mol. The van der Waals surface area contributed by atoms with Crippen molar-refractivity contribution in [3.8, 4) is 17.2 Å². The molecule has 0 atom stereocenters. The van der Waals surface area contributed by atoms with Gasteiger partial charge in [-0.15, -0.1) is 24.0 Å². The van der Waals surface area contributed by atoms with Crippen molar-refractivity contribution in [2.45, 2.75) is 25.0 Å². The molecule has 1 aromatic rings. The number of methoxy groups -OCH3 is 3. The molecule has 0 bridgehead atoms. The van der Waals surface area contributed by atoms with Gasteiger partial charge in [-0.25, -0.2) is 0 Å². The first-order valence-electron chi connectivity index (χ1n) is 8.19. The minimum atomic E-state index is 0. The molecule has 0 saturated carbocycles. The van der Waals surface area contributed by atoms with Gasteiger partial charge < -0.3 is 24.8 Å². The van der Waals surface area contributed by atoms with Gasteiger partial charge in [0.2, 0.25) is 0 Å². The highest BCUT2D eigenvalue weighted by atomic mass is 127. The normalized spacial score (nSPS) is 11.4. The number of hydrogen-bond donors (Lipinski definition) is 2. The third-order valence-electron chi connectivity index (χ3n) is 3.94. The van der Waals surface area contributed by atoms with Crippen LogP contribution in [0.2, 0.25) is 0 Å². The molecule has 0 radical (unpaired) electrons. The van der Waals surface area contributed by atoms with E-state index in [1.807, 2.05) is 23.9 Å². The third kappa shape index (κ3) is 7.69. The molecule has 26 heavy (non-hydrogen) atoms. The van der Waals surface area contributed by atoms with E-state index in [4.69, 9.17) is 14.2 Å². The molecule has 0 aliphatic carbocycles. The zero-order valence-electron chi connectivity index (χ0n) is 16.8. The van der Waals surface area contributed by atoms with Crippen molar-refractivity contribution < 1.29 is 14.2 Å². The largest absolute Gasteiger partial charge is 0.496 e. The van der Waals surface area contributed by atoms with Crippen molar-refractivity contribution in [3.05, 3.63) is 17.7 Å². The minimum Gasteiger partial charge on any atom is -0.496 e. The second-order valence-electron chi connectivity index (χ2n) is 6.08. The summed E-state index contributed by atoms with van der Waals surface area (Å²) >= 11 is 1.82. The summed E-state index contributed by atoms with van der Waals surface area (Å²) < 4.78 is 16.4. The Kier molecular flexibility index (Phi) is 11.9. The molecular formula is C18H32IN3O3S. The first kappa shape index (κ1) is 25.0. The van der Waals surface area contributed by atoms with E-state index in [1.165, 1.54) is 0 Å². The quantitative estimate of drug-likeness (QED) is 0.311. The maximum absolute atomic E-state index is 5.48. The molecule has 0 heterocycles. The number of nitrogens with one attached hydrogen (secondary N) is 2. The van der Waals surface area contributed by atoms with E-state index in [-0.39, 0.29) is 28.7 Å². The number of hydrogen-bond acceptors (Lipinski definition) is 5. The number of thioether (sulfide) groups is 1. The molecule has 0 saturated heterocycles. The van der Waals surface area contributed by atoms with E-state index in [0.29, 0.717) is 12.3 Å². The molecule has 1 rings (SSSR count). The second-order valence-corrected chi connectivity index (χ2v) is 7.59. The minimum absolute atomic E-state index is 0. The van der Waals surface area contributed by atoms with E-state index in [1.54, 1.807) is 28.4 Å². The zero-order valence-corrected chi connectivity index (χ0v) is 19.9. The number of ether oxygens (including phenoxy) is 3. The van der Waals surface area contributed by atoms with Crippen LogP contribution in [0.3, 0.4) is 0 Å². The van der Waals surface area contributed by atoms with Crippen molar-refractivity contribution in [1.82, 2.24) is 10.6 Å². The molecule has 0 amide bonds. The maximum atomic E-state index is 5.48. The number of benzene rings is 1. The Bertz CT molecular complexity index is 558. The van der Waals surface area contributed by atoms with Gasteiger partial charge in [-0.1, -0.05) is 0 Å². The number of halogens is 1. The topological polar surface area (TPSA) is 64.1 Å². The van der Waals surface area contributed by atoms with E-state index in [9.17, 15) is 0 Å². The lowest BCUT2D eigenvalue weighted by Gasteiger charge is -2.24. The number of nitrogens with zero attached hydrogens (tertiary/aromatic N) is 1. The summed E-state index contributed by atoms with van der Waals surface area (Å²) in [6.45, 7) is 5.94. The van der Waals surface area contributed by atoms with E-state index >= 15 is 0 Å². The molecule has 0 aliphatic heterocycles. The summed E-state index contributed by atoms with van der Waals surface area (Å²) in [4.78, 5) is 4.27. The Hall–Kier alpha value is -1.03. The van der Waals surface area contributed by atoms with E-state index in [0.717, 1.165) is 36.0 Å². The standard InChI is InChI=1S/C18H31N3O3S.HI/c1-18(2,25-7)12-21-17(19-3)20-9-8-14-15(23-5)10-13(22-4)11-16(14)24-6;/h10-11H,8-9,12H2,1-7H3,(H2,19,20,21);1H. The van der Waals surface area contributed by atoms with Gasteiger partial charge in [0.15, 0.2) is 5.96 Å². The van der Waals surface area contributed by atoms with Crippen LogP contribution in [0.25, 0.3) is 0 Å². The van der Waals surface area contributed by atoms with Crippen molar-refractivity contribution in [2.24, 2.45) is 4.99 Å². The van der Waals surface area contributed by atoms with Crippen molar-refractivity contribution in [2.75, 3.05) is 47.7 Å². The van der Waals surface area contributed by atoms with E-state index in [2.05, 4.69) is 35.7 Å². The average Bonchev–Trinajstić information content (AvgIpc) is 2.63. The molecule has 0 fully saturated rings. The average molecular weight is 497 g/mol. The summed E-state index contributed by atoms with van der Waals surface area (Å²) in [7, 11) is 6.70. The number of aliphatic imine (C=N–C) groups is 1. The third-order valence-corrected chi connectivity index (χ3v) is 5.19. The molecule has 150 valence electrons. The van der Waals surface area contributed by atoms with Crippen LogP contribution < -0.4 is 24.8 Å². The molecular weight excluding hydrogens is 465 g/mol. The first-order chi connectivity index (χ1) is 11.9. The predicted octanol–water partition coefficient (Wildman–Crippen LogP) is 3.18. The number of guanidine groups is 1. The molecule has 0 aromatic heterocycles. The van der Waals surface area contributed by atoms with Gasteiger partial charge in [0.1, 0.15) is 17.2 Å². The molecule has 2 N–H and O–H groups in total. The van der Waals surface area contributed by atoms with Gasteiger partial charge in [-0.05, 0) is 26.5 Å². The van der Waals surface area contributed by atoms with Gasteiger partial charge in [-0.3, -0.25) is 4.99 Å². The Balaban J connectivity index is 0.00000625. The number of rotatable bonds is 9. The molecule has 0 spiro atoms. The van der Waals surface area contributed by atoms with Gasteiger partial charge >= 0.3 is 0 Å². The van der Waals surface area contributed by atoms with Crippen molar-refractivity contribution in [3.63, 3.8) is 0 Å². The van der Waals surface area contributed by atoms with Crippen LogP contribution in [-0.2, 0) is 6.42 Å². The Morgan fingerprint density at radius 1 is 1.08 bits per heavy atom. The fourth-order valence-corrected chi connectivity index (χ4v) is 2.44. The van der Waals surface area contributed by atoms with Gasteiger partial charge in [-0.2, -0.15) is 11.8 Å². The van der Waals surface area contributed by atoms with Crippen LogP contribution in [0.4, 0.5) is 0 Å². The van der Waals surface area contributed by atoms with Crippen LogP contribution in [0, 0.1) is 0 Å². The SMILES string of the molecule is CN=C(NCCc1c(OC)cc(OC)cc1OC)NCC(C)(C)SC.I. The molecule has 8 heteroatoms. The highest BCUT2D eigenvalue weighted by molar-refractivity contribution is 14.0. The molecule has 0 unspecified atom stereocenters. The fourth-order valence-electron chi connectivity index (χ4n) is 2.22. The van der Waals surface area contributed by atoms with Crippen molar-refractivity contribution in [1.29, 1.82) is 0 Å². The summed E-state index contributed by atoms with van der Waals surface area (Å²) in [5.41, 5.74) is 0.998. The zero-order chi connectivity index (χ0) is 18.9. The van der Waals surface area contributed by atoms with Crippen LogP contribution >= 0.6 is 35.7 Å². The summed E-state index contributed by atoms with van der Waals surface area (Å²) in [5.74, 6) is 3.00. The highest BCUT2D eigenvalue weighted by Crippen LogP contribution is 2.34. The lowest BCUT2D eigenvalue weighted by Crippen LogP contribution is -2.43. The monoisotopic (exact) mass is 497 g/mol. The van der Waals surface area contributed by atoms with E-state index < -0.39 is 0 Å². The molecule has 0 aliphatic rings. The van der Waals surface area contributed by atoms with Crippen LogP contribution in [0.1, 0.15) is 19.4 Å². The summed E-state index contributed by atoms with van der Waals surface area (Å²) in [6.07, 6.45) is 2.85. The smallest absolute Gasteiger partial charge is 0.191 e. The molecule has 6 nitrogen and oxygen atoms in total. The molecule has 1 aromatic carbocycles. The Morgan fingerprint density at radius 3 is 2.08 bits per heavy atom. The first-order valence-corrected chi connectivity index (χ1v) is 9.41. The maximum Gasteiger partial charge on any atom is 0.191 e. The van der Waals surface area contributed by atoms with Crippen molar-refractivity contribution >= 4 is 41.7 Å². The summed E-state index contributed by atoms with van der Waals surface area (Å²) in [6, 6.07) is 3.73. The highest BCUT2D eigenvalue weighted by Gasteiger charge is 2.16. The van der Waals surface area contributed by atoms with Crippen LogP contribution in [0.15, 0.2) is 17.1 Å². The van der Waals surface area contributed by atoms with Gasteiger partial charge in [0, 0.05) is 42.6 Å². The lowest BCUT2D eigenvalue weighted by molar-refractivity contribution is 0.368. The summed E-state index contributed by atoms with van der Waals surface area (Å²) in [5, 5.41) is 6.69. The van der Waals surface area contributed by atoms with Gasteiger partial charge in [0.25, 0.3) is 0 Å². The second kappa shape index (κ2) is 12.4. The van der Waals surface area contributed by atoms with Crippen LogP contribution in [-0.4, -0.2) is 58.4 Å². The van der Waals surface area contributed by atoms with Gasteiger partial charge in [0.05, 0.1) is 21.3 Å². The Morgan fingerprint density at radius 2 is 1.65 bits per heavy atom. The lowest BCUT2D eigenvalue weighted by atomic mass is 10.1. The Labute approximate surface area is 178 Å². The van der Waals surface area contributed by atoms with Crippen LogP contribution in [0.5, 0.6) is 17.2 Å². The fraction of sp³-hybridized carbons (Fsp3) is 0.611.